The Kier molecular flexibility index (Phi) is 5.40. The Labute approximate surface area is 154 Å². The van der Waals surface area contributed by atoms with Gasteiger partial charge in [0.15, 0.2) is 0 Å². The molecule has 0 saturated carbocycles. The molecule has 0 radical (unpaired) electrons. The minimum atomic E-state index is -0.329. The molecule has 0 amide bonds. The second-order valence-corrected chi connectivity index (χ2v) is 7.06. The molecule has 3 aromatic rings. The van der Waals surface area contributed by atoms with E-state index in [9.17, 15) is 4.79 Å². The Morgan fingerprint density at radius 2 is 1.88 bits per heavy atom. The lowest BCUT2D eigenvalue weighted by Crippen LogP contribution is -2.33. The molecule has 1 aromatic heterocycles. The van der Waals surface area contributed by atoms with E-state index in [0.29, 0.717) is 28.0 Å². The fourth-order valence-corrected chi connectivity index (χ4v) is 3.31. The smallest absolute Gasteiger partial charge is 0.294 e. The van der Waals surface area contributed by atoms with Crippen LogP contribution >= 0.6 is 23.4 Å². The Bertz CT molecular complexity index is 941. The van der Waals surface area contributed by atoms with Gasteiger partial charge >= 0.3 is 0 Å². The summed E-state index contributed by atoms with van der Waals surface area (Å²) < 4.78 is 1.06. The highest BCUT2D eigenvalue weighted by atomic mass is 35.5. The van der Waals surface area contributed by atoms with Crippen molar-refractivity contribution >= 4 is 23.4 Å². The first-order valence-electron chi connectivity index (χ1n) is 7.69. The van der Waals surface area contributed by atoms with Crippen LogP contribution in [-0.4, -0.2) is 14.9 Å². The number of aromatic nitrogens is 3. The van der Waals surface area contributed by atoms with Gasteiger partial charge in [0.05, 0.1) is 0 Å². The van der Waals surface area contributed by atoms with E-state index < -0.39 is 0 Å². The Balaban J connectivity index is 1.75. The van der Waals surface area contributed by atoms with Crippen LogP contribution in [0.5, 0.6) is 0 Å². The van der Waals surface area contributed by atoms with Crippen LogP contribution < -0.4 is 11.4 Å². The maximum atomic E-state index is 12.4. The standard InChI is InChI=1S/C18H17ClN4OS/c1-12-5-7-13(8-6-12)10-16-17(24)23(20)18(22-21-16)25-11-14-3-2-4-15(19)9-14/h2-9H,10-11,20H2,1H3. The zero-order valence-corrected chi connectivity index (χ0v) is 15.2. The lowest BCUT2D eigenvalue weighted by molar-refractivity contribution is 0.672. The summed E-state index contributed by atoms with van der Waals surface area (Å²) in [4.78, 5) is 12.4. The van der Waals surface area contributed by atoms with Gasteiger partial charge in [-0.1, -0.05) is 65.3 Å². The molecule has 0 fully saturated rings. The summed E-state index contributed by atoms with van der Waals surface area (Å²) >= 11 is 7.32. The van der Waals surface area contributed by atoms with Crippen LogP contribution in [0.2, 0.25) is 5.02 Å². The molecule has 0 spiro atoms. The van der Waals surface area contributed by atoms with Crippen LogP contribution in [0.15, 0.2) is 58.5 Å². The van der Waals surface area contributed by atoms with Crippen molar-refractivity contribution in [2.75, 3.05) is 5.84 Å². The first-order valence-corrected chi connectivity index (χ1v) is 9.06. The van der Waals surface area contributed by atoms with Crippen molar-refractivity contribution in [3.8, 4) is 0 Å². The maximum Gasteiger partial charge on any atom is 0.294 e. The Morgan fingerprint density at radius 3 is 2.60 bits per heavy atom. The molecule has 0 atom stereocenters. The predicted molar refractivity (Wildman–Crippen MR) is 101 cm³/mol. The number of thioether (sulfide) groups is 1. The fourth-order valence-electron chi connectivity index (χ4n) is 2.30. The van der Waals surface area contributed by atoms with Crippen molar-refractivity contribution in [3.63, 3.8) is 0 Å². The summed E-state index contributed by atoms with van der Waals surface area (Å²) in [7, 11) is 0. The zero-order chi connectivity index (χ0) is 17.8. The molecule has 0 aliphatic heterocycles. The number of halogens is 1. The Hall–Kier alpha value is -2.31. The molecule has 2 N–H and O–H groups in total. The second-order valence-electron chi connectivity index (χ2n) is 5.69. The van der Waals surface area contributed by atoms with E-state index in [2.05, 4.69) is 10.2 Å². The van der Waals surface area contributed by atoms with Crippen molar-refractivity contribution in [1.82, 2.24) is 14.9 Å². The molecule has 0 aliphatic rings. The molecule has 25 heavy (non-hydrogen) atoms. The minimum Gasteiger partial charge on any atom is -0.334 e. The summed E-state index contributed by atoms with van der Waals surface area (Å²) in [6.07, 6.45) is 0.405. The van der Waals surface area contributed by atoms with Crippen LogP contribution in [0.4, 0.5) is 0 Å². The first kappa shape index (κ1) is 17.5. The molecule has 0 aliphatic carbocycles. The highest BCUT2D eigenvalue weighted by Gasteiger charge is 2.11. The molecule has 1 heterocycles. The molecule has 0 bridgehead atoms. The van der Waals surface area contributed by atoms with E-state index >= 15 is 0 Å². The predicted octanol–water partition coefficient (Wildman–Crippen LogP) is 3.20. The van der Waals surface area contributed by atoms with Gasteiger partial charge in [-0.15, -0.1) is 10.2 Å². The lowest BCUT2D eigenvalue weighted by atomic mass is 10.1. The summed E-state index contributed by atoms with van der Waals surface area (Å²) in [6.45, 7) is 2.02. The number of hydrogen-bond acceptors (Lipinski definition) is 5. The monoisotopic (exact) mass is 372 g/mol. The SMILES string of the molecule is Cc1ccc(Cc2nnc(SCc3cccc(Cl)c3)n(N)c2=O)cc1. The number of nitrogens with zero attached hydrogens (tertiary/aromatic N) is 3. The van der Waals surface area contributed by atoms with Gasteiger partial charge in [-0.3, -0.25) is 4.79 Å². The van der Waals surface area contributed by atoms with Gasteiger partial charge < -0.3 is 5.84 Å². The van der Waals surface area contributed by atoms with E-state index in [-0.39, 0.29) is 5.56 Å². The molecule has 3 rings (SSSR count). The number of nitrogens with two attached hydrogens (primary N) is 1. The summed E-state index contributed by atoms with van der Waals surface area (Å²) in [6, 6.07) is 15.5. The number of rotatable bonds is 5. The Morgan fingerprint density at radius 1 is 1.12 bits per heavy atom. The van der Waals surface area contributed by atoms with Gasteiger partial charge in [-0.05, 0) is 30.2 Å². The number of nitrogen functional groups attached to an aromatic ring is 1. The van der Waals surface area contributed by atoms with Crippen LogP contribution in [-0.2, 0) is 12.2 Å². The number of hydrogen-bond donors (Lipinski definition) is 1. The second kappa shape index (κ2) is 7.72. The molecule has 2 aromatic carbocycles. The molecular formula is C18H17ClN4OS. The summed E-state index contributed by atoms with van der Waals surface area (Å²) in [5, 5.41) is 9.23. The van der Waals surface area contributed by atoms with Gasteiger partial charge in [-0.2, -0.15) is 4.68 Å². The molecule has 128 valence electrons. The largest absolute Gasteiger partial charge is 0.334 e. The van der Waals surface area contributed by atoms with E-state index in [1.165, 1.54) is 17.3 Å². The molecule has 0 saturated heterocycles. The third-order valence-corrected chi connectivity index (χ3v) is 4.93. The fraction of sp³-hybridized carbons (Fsp3) is 0.167. The van der Waals surface area contributed by atoms with Crippen LogP contribution in [0.3, 0.4) is 0 Å². The molecular weight excluding hydrogens is 356 g/mol. The third kappa shape index (κ3) is 4.41. The molecule has 7 heteroatoms. The number of aryl methyl sites for hydroxylation is 1. The minimum absolute atomic E-state index is 0.329. The van der Waals surface area contributed by atoms with Gasteiger partial charge in [0, 0.05) is 17.2 Å². The average Bonchev–Trinajstić information content (AvgIpc) is 2.60. The van der Waals surface area contributed by atoms with Crippen molar-refractivity contribution < 1.29 is 0 Å². The normalized spacial score (nSPS) is 10.8. The molecule has 5 nitrogen and oxygen atoms in total. The van der Waals surface area contributed by atoms with Gasteiger partial charge in [0.25, 0.3) is 5.56 Å². The van der Waals surface area contributed by atoms with E-state index in [1.54, 1.807) is 0 Å². The maximum absolute atomic E-state index is 12.4. The van der Waals surface area contributed by atoms with Crippen molar-refractivity contribution in [3.05, 3.63) is 86.3 Å². The van der Waals surface area contributed by atoms with Gasteiger partial charge in [-0.25, -0.2) is 0 Å². The number of benzene rings is 2. The highest BCUT2D eigenvalue weighted by molar-refractivity contribution is 7.98. The van der Waals surface area contributed by atoms with E-state index in [0.717, 1.165) is 15.8 Å². The van der Waals surface area contributed by atoms with Crippen molar-refractivity contribution in [2.45, 2.75) is 24.3 Å². The van der Waals surface area contributed by atoms with E-state index in [4.69, 9.17) is 17.4 Å². The summed E-state index contributed by atoms with van der Waals surface area (Å²) in [5.74, 6) is 6.51. The quantitative estimate of drug-likeness (QED) is 0.550. The third-order valence-electron chi connectivity index (χ3n) is 3.68. The average molecular weight is 373 g/mol. The van der Waals surface area contributed by atoms with Gasteiger partial charge in [0.1, 0.15) is 5.69 Å². The van der Waals surface area contributed by atoms with Gasteiger partial charge in [0.2, 0.25) is 5.16 Å². The van der Waals surface area contributed by atoms with Crippen LogP contribution in [0.1, 0.15) is 22.4 Å². The first-order chi connectivity index (χ1) is 12.0. The van der Waals surface area contributed by atoms with Crippen LogP contribution in [0.25, 0.3) is 0 Å². The zero-order valence-electron chi connectivity index (χ0n) is 13.6. The molecule has 0 unspecified atom stereocenters. The van der Waals surface area contributed by atoms with E-state index in [1.807, 2.05) is 55.5 Å². The topological polar surface area (TPSA) is 73.8 Å². The lowest BCUT2D eigenvalue weighted by Gasteiger charge is -2.08. The highest BCUT2D eigenvalue weighted by Crippen LogP contribution is 2.20. The van der Waals surface area contributed by atoms with Crippen molar-refractivity contribution in [2.24, 2.45) is 0 Å². The summed E-state index contributed by atoms with van der Waals surface area (Å²) in [5.41, 5.74) is 3.19. The van der Waals surface area contributed by atoms with Crippen LogP contribution in [0, 0.1) is 6.92 Å². The van der Waals surface area contributed by atoms with Crippen molar-refractivity contribution in [1.29, 1.82) is 0 Å².